The summed E-state index contributed by atoms with van der Waals surface area (Å²) in [5.74, 6) is -0.536. The number of nitrogens with two attached hydrogens (primary N) is 1. The normalized spacial score (nSPS) is 11.9. The van der Waals surface area contributed by atoms with Crippen molar-refractivity contribution >= 4 is 11.5 Å². The lowest BCUT2D eigenvalue weighted by Gasteiger charge is -2.16. The molecule has 0 atom stereocenters. The molecule has 3 aromatic heterocycles. The smallest absolute Gasteiger partial charge is 0.381 e. The number of pyridine rings is 1. The van der Waals surface area contributed by atoms with Crippen molar-refractivity contribution in [1.82, 2.24) is 19.4 Å². The van der Waals surface area contributed by atoms with E-state index in [2.05, 4.69) is 15.0 Å². The Hall–Kier alpha value is -3.49. The minimum absolute atomic E-state index is 0.0359. The predicted octanol–water partition coefficient (Wildman–Crippen LogP) is 4.51. The fraction of sp³-hybridized carbons (Fsp3) is 0.105. The van der Waals surface area contributed by atoms with E-state index in [0.717, 1.165) is 6.07 Å². The van der Waals surface area contributed by atoms with Gasteiger partial charge >= 0.3 is 6.18 Å². The van der Waals surface area contributed by atoms with E-state index in [9.17, 15) is 17.6 Å². The lowest BCUT2D eigenvalue weighted by Crippen LogP contribution is -2.10. The molecule has 0 spiro atoms. The van der Waals surface area contributed by atoms with E-state index in [4.69, 9.17) is 5.73 Å². The first kappa shape index (κ1) is 17.9. The number of aromatic nitrogens is 4. The molecule has 3 heterocycles. The molecule has 142 valence electrons. The molecule has 28 heavy (non-hydrogen) atoms. The third-order valence-electron chi connectivity index (χ3n) is 4.21. The summed E-state index contributed by atoms with van der Waals surface area (Å²) < 4.78 is 55.9. The average Bonchev–Trinajstić information content (AvgIpc) is 3.11. The molecule has 1 aromatic carbocycles. The number of alkyl halides is 3. The van der Waals surface area contributed by atoms with Gasteiger partial charge in [-0.05, 0) is 31.2 Å². The van der Waals surface area contributed by atoms with Gasteiger partial charge in [0, 0.05) is 29.2 Å². The molecular weight excluding hydrogens is 374 g/mol. The second-order valence-electron chi connectivity index (χ2n) is 6.18. The molecule has 4 aromatic rings. The van der Waals surface area contributed by atoms with Crippen LogP contribution >= 0.6 is 0 Å². The van der Waals surface area contributed by atoms with Crippen LogP contribution in [0.1, 0.15) is 11.4 Å². The van der Waals surface area contributed by atoms with E-state index in [1.54, 1.807) is 6.07 Å². The number of fused-ring (bicyclic) bond motifs is 1. The summed E-state index contributed by atoms with van der Waals surface area (Å²) in [6, 6.07) is 8.24. The number of nitrogen functional groups attached to an aromatic ring is 1. The van der Waals surface area contributed by atoms with Crippen molar-refractivity contribution < 1.29 is 17.6 Å². The maximum Gasteiger partial charge on any atom is 0.433 e. The van der Waals surface area contributed by atoms with Crippen LogP contribution < -0.4 is 5.73 Å². The SMILES string of the molecule is Cc1cc(-c2c(-c3ccccc3F)nc(N)c3nccn23)cc(C(F)(F)F)n1. The van der Waals surface area contributed by atoms with Crippen molar-refractivity contribution in [3.63, 3.8) is 0 Å². The quantitative estimate of drug-likeness (QED) is 0.514. The third-order valence-corrected chi connectivity index (χ3v) is 4.21. The van der Waals surface area contributed by atoms with Gasteiger partial charge in [-0.3, -0.25) is 4.40 Å². The molecule has 5 nitrogen and oxygen atoms in total. The highest BCUT2D eigenvalue weighted by Crippen LogP contribution is 2.37. The Balaban J connectivity index is 2.11. The van der Waals surface area contributed by atoms with Gasteiger partial charge in [-0.15, -0.1) is 0 Å². The molecule has 0 radical (unpaired) electrons. The van der Waals surface area contributed by atoms with Gasteiger partial charge in [0.15, 0.2) is 11.5 Å². The molecule has 4 rings (SSSR count). The second-order valence-corrected chi connectivity index (χ2v) is 6.18. The molecule has 0 aliphatic rings. The molecule has 0 unspecified atom stereocenters. The van der Waals surface area contributed by atoms with E-state index in [1.165, 1.54) is 48.0 Å². The van der Waals surface area contributed by atoms with E-state index >= 15 is 0 Å². The average molecular weight is 387 g/mol. The number of hydrogen-bond donors (Lipinski definition) is 1. The summed E-state index contributed by atoms with van der Waals surface area (Å²) >= 11 is 0. The van der Waals surface area contributed by atoms with Crippen LogP contribution in [0, 0.1) is 12.7 Å². The molecule has 0 saturated carbocycles. The van der Waals surface area contributed by atoms with Gasteiger partial charge in [0.1, 0.15) is 17.2 Å². The fourth-order valence-corrected chi connectivity index (χ4v) is 3.08. The van der Waals surface area contributed by atoms with Crippen LogP contribution in [0.25, 0.3) is 28.2 Å². The maximum absolute atomic E-state index is 14.5. The van der Waals surface area contributed by atoms with Crippen molar-refractivity contribution in [3.05, 3.63) is 66.0 Å². The number of rotatable bonds is 2. The largest absolute Gasteiger partial charge is 0.433 e. The van der Waals surface area contributed by atoms with E-state index in [0.29, 0.717) is 0 Å². The van der Waals surface area contributed by atoms with Crippen LogP contribution in [-0.2, 0) is 6.18 Å². The zero-order valence-corrected chi connectivity index (χ0v) is 14.5. The summed E-state index contributed by atoms with van der Waals surface area (Å²) in [6.45, 7) is 1.46. The first-order chi connectivity index (χ1) is 13.3. The first-order valence-electron chi connectivity index (χ1n) is 8.19. The first-order valence-corrected chi connectivity index (χ1v) is 8.19. The van der Waals surface area contributed by atoms with Crippen LogP contribution in [-0.4, -0.2) is 19.4 Å². The highest BCUT2D eigenvalue weighted by atomic mass is 19.4. The number of aryl methyl sites for hydroxylation is 1. The third kappa shape index (κ3) is 2.94. The Morgan fingerprint density at radius 2 is 1.82 bits per heavy atom. The highest BCUT2D eigenvalue weighted by Gasteiger charge is 2.33. The molecule has 0 bridgehead atoms. The van der Waals surface area contributed by atoms with Gasteiger partial charge in [0.2, 0.25) is 0 Å². The van der Waals surface area contributed by atoms with Gasteiger partial charge in [0.05, 0.1) is 5.69 Å². The zero-order valence-electron chi connectivity index (χ0n) is 14.5. The summed E-state index contributed by atoms with van der Waals surface area (Å²) in [7, 11) is 0. The van der Waals surface area contributed by atoms with Crippen molar-refractivity contribution in [1.29, 1.82) is 0 Å². The molecule has 9 heteroatoms. The Labute approximate surface area is 156 Å². The molecule has 2 N–H and O–H groups in total. The minimum Gasteiger partial charge on any atom is -0.381 e. The van der Waals surface area contributed by atoms with E-state index in [1.807, 2.05) is 0 Å². The summed E-state index contributed by atoms with van der Waals surface area (Å²) in [5, 5.41) is 0. The van der Waals surface area contributed by atoms with Gasteiger partial charge < -0.3 is 5.73 Å². The summed E-state index contributed by atoms with van der Waals surface area (Å²) in [5.41, 5.74) is 5.97. The molecule has 0 aliphatic heterocycles. The van der Waals surface area contributed by atoms with Gasteiger partial charge in [-0.2, -0.15) is 13.2 Å². The fourth-order valence-electron chi connectivity index (χ4n) is 3.08. The van der Waals surface area contributed by atoms with Crippen LogP contribution in [0.2, 0.25) is 0 Å². The number of benzene rings is 1. The van der Waals surface area contributed by atoms with Crippen LogP contribution in [0.4, 0.5) is 23.4 Å². The molecule has 0 fully saturated rings. The molecule has 0 amide bonds. The van der Waals surface area contributed by atoms with Crippen LogP contribution in [0.5, 0.6) is 0 Å². The number of imidazole rings is 1. The molecule has 0 saturated heterocycles. The standard InChI is InChI=1S/C19H13F4N5/c1-10-8-11(9-14(26-10)19(21,22)23)16-15(12-4-2-3-5-13(12)20)27-17(24)18-25-6-7-28(16)18/h2-9H,1H3,(H2,24,27). The van der Waals surface area contributed by atoms with Crippen LogP contribution in [0.3, 0.4) is 0 Å². The number of hydrogen-bond acceptors (Lipinski definition) is 4. The van der Waals surface area contributed by atoms with Crippen molar-refractivity contribution in [2.45, 2.75) is 13.1 Å². The van der Waals surface area contributed by atoms with E-state index in [-0.39, 0.29) is 39.7 Å². The number of halogens is 4. The monoisotopic (exact) mass is 387 g/mol. The Kier molecular flexibility index (Phi) is 4.02. The molecular formula is C19H13F4N5. The Bertz CT molecular complexity index is 1200. The topological polar surface area (TPSA) is 69.1 Å². The molecule has 0 aliphatic carbocycles. The predicted molar refractivity (Wildman–Crippen MR) is 95.8 cm³/mol. The van der Waals surface area contributed by atoms with Crippen molar-refractivity contribution in [2.24, 2.45) is 0 Å². The van der Waals surface area contributed by atoms with E-state index < -0.39 is 17.7 Å². The zero-order chi connectivity index (χ0) is 20.1. The number of anilines is 1. The Morgan fingerprint density at radius 3 is 2.54 bits per heavy atom. The van der Waals surface area contributed by atoms with Crippen molar-refractivity contribution in [3.8, 4) is 22.5 Å². The summed E-state index contributed by atoms with van der Waals surface area (Å²) in [4.78, 5) is 11.9. The van der Waals surface area contributed by atoms with Gasteiger partial charge in [-0.1, -0.05) is 12.1 Å². The summed E-state index contributed by atoms with van der Waals surface area (Å²) in [6.07, 6.45) is -1.65. The van der Waals surface area contributed by atoms with Gasteiger partial charge in [0.25, 0.3) is 0 Å². The maximum atomic E-state index is 14.5. The Morgan fingerprint density at radius 1 is 1.07 bits per heavy atom. The lowest BCUT2D eigenvalue weighted by molar-refractivity contribution is -0.141. The minimum atomic E-state index is -4.63. The van der Waals surface area contributed by atoms with Gasteiger partial charge in [-0.25, -0.2) is 19.3 Å². The highest BCUT2D eigenvalue weighted by molar-refractivity contribution is 5.83. The van der Waals surface area contributed by atoms with Crippen molar-refractivity contribution in [2.75, 3.05) is 5.73 Å². The van der Waals surface area contributed by atoms with Crippen LogP contribution in [0.15, 0.2) is 48.8 Å². The second kappa shape index (κ2) is 6.29. The number of nitrogens with zero attached hydrogens (tertiary/aromatic N) is 4. The lowest BCUT2D eigenvalue weighted by atomic mass is 10.0.